The molecule has 1 aliphatic rings. The molecule has 1 amide bonds. The van der Waals surface area contributed by atoms with Gasteiger partial charge in [-0.1, -0.05) is 35.0 Å². The van der Waals surface area contributed by atoms with Crippen LogP contribution in [0.4, 0.5) is 0 Å². The average Bonchev–Trinajstić information content (AvgIpc) is 2.50. The third kappa shape index (κ3) is 5.57. The minimum absolute atomic E-state index is 0.0617. The summed E-state index contributed by atoms with van der Waals surface area (Å²) >= 11 is 3.38. The lowest BCUT2D eigenvalue weighted by Crippen LogP contribution is -2.48. The van der Waals surface area contributed by atoms with E-state index >= 15 is 0 Å². The zero-order valence-corrected chi connectivity index (χ0v) is 13.8. The maximum Gasteiger partial charge on any atom is 0.254 e. The van der Waals surface area contributed by atoms with Crippen molar-refractivity contribution in [2.45, 2.75) is 6.92 Å². The smallest absolute Gasteiger partial charge is 0.254 e. The summed E-state index contributed by atoms with van der Waals surface area (Å²) < 4.78 is 1.02. The van der Waals surface area contributed by atoms with E-state index in [1.54, 1.807) is 6.21 Å². The molecular weight excluding hydrogens is 332 g/mol. The van der Waals surface area contributed by atoms with Gasteiger partial charge in [0, 0.05) is 30.7 Å². The van der Waals surface area contributed by atoms with E-state index in [0.29, 0.717) is 6.54 Å². The van der Waals surface area contributed by atoms with Crippen molar-refractivity contribution in [3.63, 3.8) is 0 Å². The Bertz CT molecular complexity index is 481. The Morgan fingerprint density at radius 1 is 1.24 bits per heavy atom. The van der Waals surface area contributed by atoms with Gasteiger partial charge in [-0.2, -0.15) is 5.10 Å². The van der Waals surface area contributed by atoms with Crippen LogP contribution in [0.5, 0.6) is 0 Å². The minimum atomic E-state index is -0.0617. The Balaban J connectivity index is 1.71. The summed E-state index contributed by atoms with van der Waals surface area (Å²) in [5.41, 5.74) is 3.54. The van der Waals surface area contributed by atoms with Gasteiger partial charge in [-0.05, 0) is 24.2 Å². The molecule has 0 aromatic heterocycles. The second kappa shape index (κ2) is 8.26. The van der Waals surface area contributed by atoms with Gasteiger partial charge in [-0.15, -0.1) is 0 Å². The Morgan fingerprint density at radius 3 is 2.48 bits per heavy atom. The van der Waals surface area contributed by atoms with E-state index in [-0.39, 0.29) is 5.91 Å². The first-order valence-corrected chi connectivity index (χ1v) is 7.99. The molecule has 6 heteroatoms. The molecule has 114 valence electrons. The topological polar surface area (TPSA) is 47.9 Å². The van der Waals surface area contributed by atoms with Crippen LogP contribution in [0.25, 0.3) is 0 Å². The molecule has 0 bridgehead atoms. The number of carbonyl (C=O) groups is 1. The molecule has 0 unspecified atom stereocenters. The number of carbonyl (C=O) groups excluding carboxylic acids is 1. The van der Waals surface area contributed by atoms with Gasteiger partial charge in [0.1, 0.15) is 0 Å². The van der Waals surface area contributed by atoms with E-state index in [1.807, 2.05) is 24.3 Å². The fourth-order valence-corrected chi connectivity index (χ4v) is 2.49. The molecule has 1 fully saturated rings. The molecule has 1 aliphatic heterocycles. The van der Waals surface area contributed by atoms with Crippen molar-refractivity contribution < 1.29 is 4.79 Å². The lowest BCUT2D eigenvalue weighted by Gasteiger charge is -2.33. The summed E-state index contributed by atoms with van der Waals surface area (Å²) in [5, 5.41) is 3.99. The molecule has 0 saturated carbocycles. The van der Waals surface area contributed by atoms with E-state index in [4.69, 9.17) is 0 Å². The molecular formula is C15H21BrN4O. The van der Waals surface area contributed by atoms with Crippen molar-refractivity contribution in [2.24, 2.45) is 5.10 Å². The molecule has 2 rings (SSSR count). The molecule has 5 nitrogen and oxygen atoms in total. The quantitative estimate of drug-likeness (QED) is 0.645. The number of hydrazone groups is 1. The highest BCUT2D eigenvalue weighted by Crippen LogP contribution is 2.08. The van der Waals surface area contributed by atoms with Crippen LogP contribution in [0.1, 0.15) is 12.5 Å². The highest BCUT2D eigenvalue weighted by Gasteiger charge is 2.17. The number of likely N-dealkylation sites (N-methyl/N-ethyl adjacent to an activating group) is 1. The molecule has 1 saturated heterocycles. The standard InChI is InChI=1S/C15H21BrN4O/c1-2-19-7-9-20(10-8-19)12-15(21)18-17-11-13-3-5-14(16)6-4-13/h3-6,11H,2,7-10,12H2,1H3,(H,18,21). The van der Waals surface area contributed by atoms with E-state index in [0.717, 1.165) is 42.8 Å². The molecule has 1 heterocycles. The SMILES string of the molecule is CCN1CCN(CC(=O)NN=Cc2ccc(Br)cc2)CC1. The number of hydrogen-bond donors (Lipinski definition) is 1. The van der Waals surface area contributed by atoms with Crippen molar-refractivity contribution in [3.8, 4) is 0 Å². The van der Waals surface area contributed by atoms with E-state index in [9.17, 15) is 4.79 Å². The van der Waals surface area contributed by atoms with Gasteiger partial charge in [0.2, 0.25) is 0 Å². The van der Waals surface area contributed by atoms with Crippen LogP contribution in [0.3, 0.4) is 0 Å². The fraction of sp³-hybridized carbons (Fsp3) is 0.467. The Kier molecular flexibility index (Phi) is 6.35. The number of piperazine rings is 1. The zero-order chi connectivity index (χ0) is 15.1. The van der Waals surface area contributed by atoms with Crippen molar-refractivity contribution in [1.82, 2.24) is 15.2 Å². The summed E-state index contributed by atoms with van der Waals surface area (Å²) in [5.74, 6) is -0.0617. The molecule has 0 radical (unpaired) electrons. The first-order valence-electron chi connectivity index (χ1n) is 7.19. The molecule has 0 spiro atoms. The number of benzene rings is 1. The third-order valence-corrected chi connectivity index (χ3v) is 4.08. The number of halogens is 1. The van der Waals surface area contributed by atoms with Gasteiger partial charge in [0.05, 0.1) is 12.8 Å². The Labute approximate surface area is 134 Å². The first kappa shape index (κ1) is 16.1. The van der Waals surface area contributed by atoms with Crippen molar-refractivity contribution in [1.29, 1.82) is 0 Å². The van der Waals surface area contributed by atoms with Gasteiger partial charge in [-0.25, -0.2) is 5.43 Å². The molecule has 21 heavy (non-hydrogen) atoms. The maximum atomic E-state index is 11.8. The Hall–Kier alpha value is -1.24. The van der Waals surface area contributed by atoms with Crippen molar-refractivity contribution >= 4 is 28.1 Å². The van der Waals surface area contributed by atoms with Crippen LogP contribution < -0.4 is 5.43 Å². The summed E-state index contributed by atoms with van der Waals surface area (Å²) in [6.45, 7) is 7.61. The van der Waals surface area contributed by atoms with Crippen LogP contribution >= 0.6 is 15.9 Å². The van der Waals surface area contributed by atoms with E-state index < -0.39 is 0 Å². The predicted molar refractivity (Wildman–Crippen MR) is 88.4 cm³/mol. The monoisotopic (exact) mass is 352 g/mol. The molecule has 1 N–H and O–H groups in total. The van der Waals surface area contributed by atoms with Gasteiger partial charge < -0.3 is 4.90 Å². The highest BCUT2D eigenvalue weighted by atomic mass is 79.9. The second-order valence-electron chi connectivity index (χ2n) is 5.06. The summed E-state index contributed by atoms with van der Waals surface area (Å²) in [7, 11) is 0. The molecule has 1 aromatic carbocycles. The molecule has 0 aliphatic carbocycles. The van der Waals surface area contributed by atoms with Gasteiger partial charge in [0.15, 0.2) is 0 Å². The number of amides is 1. The maximum absolute atomic E-state index is 11.8. The predicted octanol–water partition coefficient (Wildman–Crippen LogP) is 1.54. The van der Waals surface area contributed by atoms with Crippen LogP contribution in [0.15, 0.2) is 33.8 Å². The van der Waals surface area contributed by atoms with Crippen molar-refractivity contribution in [2.75, 3.05) is 39.3 Å². The van der Waals surface area contributed by atoms with Crippen LogP contribution in [0, 0.1) is 0 Å². The van der Waals surface area contributed by atoms with Crippen molar-refractivity contribution in [3.05, 3.63) is 34.3 Å². The minimum Gasteiger partial charge on any atom is -0.301 e. The van der Waals surface area contributed by atoms with Gasteiger partial charge in [-0.3, -0.25) is 9.69 Å². The van der Waals surface area contributed by atoms with Crippen LogP contribution in [-0.4, -0.2) is 61.2 Å². The summed E-state index contributed by atoms with van der Waals surface area (Å²) in [4.78, 5) is 16.4. The normalized spacial score (nSPS) is 17.2. The molecule has 1 aromatic rings. The average molecular weight is 353 g/mol. The lowest BCUT2D eigenvalue weighted by atomic mass is 10.2. The summed E-state index contributed by atoms with van der Waals surface area (Å²) in [6.07, 6.45) is 1.65. The van der Waals surface area contributed by atoms with Gasteiger partial charge in [0.25, 0.3) is 5.91 Å². The van der Waals surface area contributed by atoms with Crippen LogP contribution in [-0.2, 0) is 4.79 Å². The molecule has 0 atom stereocenters. The number of nitrogens with one attached hydrogen (secondary N) is 1. The second-order valence-corrected chi connectivity index (χ2v) is 5.97. The first-order chi connectivity index (χ1) is 10.2. The van der Waals surface area contributed by atoms with E-state index in [1.165, 1.54) is 0 Å². The zero-order valence-electron chi connectivity index (χ0n) is 12.3. The van der Waals surface area contributed by atoms with E-state index in [2.05, 4.69) is 43.2 Å². The fourth-order valence-electron chi connectivity index (χ4n) is 2.23. The largest absolute Gasteiger partial charge is 0.301 e. The number of hydrogen-bond acceptors (Lipinski definition) is 4. The van der Waals surface area contributed by atoms with Crippen LogP contribution in [0.2, 0.25) is 0 Å². The number of nitrogens with zero attached hydrogens (tertiary/aromatic N) is 3. The lowest BCUT2D eigenvalue weighted by molar-refractivity contribution is -0.122. The van der Waals surface area contributed by atoms with Gasteiger partial charge >= 0.3 is 0 Å². The summed E-state index contributed by atoms with van der Waals surface area (Å²) in [6, 6.07) is 7.75. The third-order valence-electron chi connectivity index (χ3n) is 3.55. The Morgan fingerprint density at radius 2 is 1.86 bits per heavy atom. The number of rotatable bonds is 5. The highest BCUT2D eigenvalue weighted by molar-refractivity contribution is 9.10.